The highest BCUT2D eigenvalue weighted by Crippen LogP contribution is 2.21. The summed E-state index contributed by atoms with van der Waals surface area (Å²) in [6, 6.07) is 0. The van der Waals surface area contributed by atoms with E-state index in [1.807, 2.05) is 14.1 Å². The zero-order chi connectivity index (χ0) is 9.90. The van der Waals surface area contributed by atoms with Gasteiger partial charge in [-0.15, -0.1) is 0 Å². The van der Waals surface area contributed by atoms with Crippen LogP contribution in [0.25, 0.3) is 0 Å². The van der Waals surface area contributed by atoms with Crippen LogP contribution in [0.1, 0.15) is 20.3 Å². The number of piperazine rings is 1. The SMILES string of the molecule is CCC1(C)CN(NC)CCN1NC. The summed E-state index contributed by atoms with van der Waals surface area (Å²) < 4.78 is 0. The van der Waals surface area contributed by atoms with Gasteiger partial charge in [0, 0.05) is 25.2 Å². The van der Waals surface area contributed by atoms with Gasteiger partial charge >= 0.3 is 0 Å². The molecule has 4 heteroatoms. The summed E-state index contributed by atoms with van der Waals surface area (Å²) in [4.78, 5) is 0. The molecule has 0 spiro atoms. The third-order valence-corrected chi connectivity index (χ3v) is 3.12. The molecule has 78 valence electrons. The molecule has 4 nitrogen and oxygen atoms in total. The molecule has 0 aromatic carbocycles. The molecule has 1 rings (SSSR count). The zero-order valence-electron chi connectivity index (χ0n) is 9.22. The van der Waals surface area contributed by atoms with E-state index in [1.165, 1.54) is 0 Å². The molecule has 0 bridgehead atoms. The fourth-order valence-corrected chi connectivity index (χ4v) is 1.94. The molecule has 0 aliphatic carbocycles. The molecule has 1 unspecified atom stereocenters. The van der Waals surface area contributed by atoms with Crippen molar-refractivity contribution >= 4 is 0 Å². The summed E-state index contributed by atoms with van der Waals surface area (Å²) in [5.74, 6) is 0. The zero-order valence-corrected chi connectivity index (χ0v) is 9.22. The maximum Gasteiger partial charge on any atom is 0.0464 e. The minimum Gasteiger partial charge on any atom is -0.258 e. The highest BCUT2D eigenvalue weighted by Gasteiger charge is 2.35. The minimum absolute atomic E-state index is 0.246. The second kappa shape index (κ2) is 4.37. The number of hydrazine groups is 2. The predicted molar refractivity (Wildman–Crippen MR) is 55.1 cm³/mol. The van der Waals surface area contributed by atoms with Crippen molar-refractivity contribution in [2.45, 2.75) is 25.8 Å². The summed E-state index contributed by atoms with van der Waals surface area (Å²) in [6.07, 6.45) is 1.16. The summed E-state index contributed by atoms with van der Waals surface area (Å²) in [6.45, 7) is 7.76. The third kappa shape index (κ3) is 2.20. The van der Waals surface area contributed by atoms with Crippen molar-refractivity contribution < 1.29 is 0 Å². The fourth-order valence-electron chi connectivity index (χ4n) is 1.94. The van der Waals surface area contributed by atoms with Crippen molar-refractivity contribution in [1.29, 1.82) is 0 Å². The highest BCUT2D eigenvalue weighted by molar-refractivity contribution is 4.89. The molecule has 1 saturated heterocycles. The average molecular weight is 186 g/mol. The number of hydrogen-bond donors (Lipinski definition) is 2. The third-order valence-electron chi connectivity index (χ3n) is 3.12. The first-order valence-corrected chi connectivity index (χ1v) is 5.03. The van der Waals surface area contributed by atoms with E-state index in [9.17, 15) is 0 Å². The molecule has 0 saturated carbocycles. The van der Waals surface area contributed by atoms with Gasteiger partial charge in [-0.05, 0) is 27.4 Å². The minimum atomic E-state index is 0.246. The van der Waals surface area contributed by atoms with E-state index in [0.717, 1.165) is 26.1 Å². The molecule has 1 aliphatic rings. The van der Waals surface area contributed by atoms with Gasteiger partial charge in [0.05, 0.1) is 0 Å². The van der Waals surface area contributed by atoms with E-state index in [1.54, 1.807) is 0 Å². The number of hydrogen-bond acceptors (Lipinski definition) is 4. The Hall–Kier alpha value is -0.160. The van der Waals surface area contributed by atoms with Gasteiger partial charge < -0.3 is 0 Å². The second-order valence-electron chi connectivity index (χ2n) is 3.87. The van der Waals surface area contributed by atoms with Gasteiger partial charge in [0.1, 0.15) is 0 Å². The fraction of sp³-hybridized carbons (Fsp3) is 1.00. The molecular weight excluding hydrogens is 164 g/mol. The standard InChI is InChI=1S/C9H22N4/c1-5-9(2)8-12(10-3)6-7-13(9)11-4/h10-11H,5-8H2,1-4H3. The molecule has 1 aliphatic heterocycles. The number of rotatable bonds is 3. The van der Waals surface area contributed by atoms with E-state index in [2.05, 4.69) is 34.7 Å². The lowest BCUT2D eigenvalue weighted by Crippen LogP contribution is -2.65. The van der Waals surface area contributed by atoms with E-state index in [-0.39, 0.29) is 5.54 Å². The first-order valence-electron chi connectivity index (χ1n) is 5.03. The van der Waals surface area contributed by atoms with Gasteiger partial charge in [-0.1, -0.05) is 6.92 Å². The second-order valence-corrected chi connectivity index (χ2v) is 3.87. The average Bonchev–Trinajstić information content (AvgIpc) is 2.17. The van der Waals surface area contributed by atoms with Crippen molar-refractivity contribution in [2.75, 3.05) is 33.7 Å². The van der Waals surface area contributed by atoms with Gasteiger partial charge in [-0.3, -0.25) is 10.9 Å². The summed E-state index contributed by atoms with van der Waals surface area (Å²) in [7, 11) is 3.99. The van der Waals surface area contributed by atoms with Crippen molar-refractivity contribution in [1.82, 2.24) is 20.9 Å². The van der Waals surface area contributed by atoms with E-state index in [0.29, 0.717) is 0 Å². The van der Waals surface area contributed by atoms with Crippen LogP contribution in [-0.4, -0.2) is 49.3 Å². The first kappa shape index (κ1) is 10.9. The quantitative estimate of drug-likeness (QED) is 0.651. The van der Waals surface area contributed by atoms with Crippen LogP contribution >= 0.6 is 0 Å². The highest BCUT2D eigenvalue weighted by atomic mass is 15.6. The lowest BCUT2D eigenvalue weighted by Gasteiger charge is -2.47. The lowest BCUT2D eigenvalue weighted by molar-refractivity contribution is -0.0400. The topological polar surface area (TPSA) is 30.5 Å². The Labute approximate surface area is 81.2 Å². The Morgan fingerprint density at radius 2 is 1.92 bits per heavy atom. The van der Waals surface area contributed by atoms with Gasteiger partial charge in [-0.2, -0.15) is 0 Å². The number of nitrogens with one attached hydrogen (secondary N) is 2. The summed E-state index contributed by atoms with van der Waals surface area (Å²) in [5.41, 5.74) is 6.73. The van der Waals surface area contributed by atoms with Crippen LogP contribution in [0.15, 0.2) is 0 Å². The Morgan fingerprint density at radius 3 is 2.38 bits per heavy atom. The molecule has 0 aromatic rings. The molecule has 13 heavy (non-hydrogen) atoms. The van der Waals surface area contributed by atoms with Crippen LogP contribution in [0.2, 0.25) is 0 Å². The van der Waals surface area contributed by atoms with Crippen LogP contribution in [0.3, 0.4) is 0 Å². The first-order chi connectivity index (χ1) is 6.16. The molecule has 0 amide bonds. The van der Waals surface area contributed by atoms with Gasteiger partial charge in [0.25, 0.3) is 0 Å². The Balaban J connectivity index is 2.62. The largest absolute Gasteiger partial charge is 0.258 e. The van der Waals surface area contributed by atoms with Crippen molar-refractivity contribution in [2.24, 2.45) is 0 Å². The predicted octanol–water partition coefficient (Wildman–Crippen LogP) is 0.0415. The molecule has 1 fully saturated rings. The maximum absolute atomic E-state index is 3.27. The molecule has 0 aromatic heterocycles. The summed E-state index contributed by atoms with van der Waals surface area (Å²) in [5, 5.41) is 4.61. The van der Waals surface area contributed by atoms with Crippen molar-refractivity contribution in [3.63, 3.8) is 0 Å². The molecule has 2 N–H and O–H groups in total. The Morgan fingerprint density at radius 1 is 1.23 bits per heavy atom. The van der Waals surface area contributed by atoms with E-state index < -0.39 is 0 Å². The lowest BCUT2D eigenvalue weighted by atomic mass is 9.95. The normalized spacial score (nSPS) is 32.3. The smallest absolute Gasteiger partial charge is 0.0464 e. The van der Waals surface area contributed by atoms with E-state index in [4.69, 9.17) is 0 Å². The maximum atomic E-state index is 3.27. The van der Waals surface area contributed by atoms with Gasteiger partial charge in [0.2, 0.25) is 0 Å². The molecular formula is C9H22N4. The molecule has 1 heterocycles. The Kier molecular flexibility index (Phi) is 3.67. The molecule has 0 radical (unpaired) electrons. The van der Waals surface area contributed by atoms with Gasteiger partial charge in [-0.25, -0.2) is 10.0 Å². The summed E-state index contributed by atoms with van der Waals surface area (Å²) >= 11 is 0. The van der Waals surface area contributed by atoms with E-state index >= 15 is 0 Å². The van der Waals surface area contributed by atoms with Crippen LogP contribution in [0.4, 0.5) is 0 Å². The van der Waals surface area contributed by atoms with Crippen LogP contribution in [-0.2, 0) is 0 Å². The van der Waals surface area contributed by atoms with Gasteiger partial charge in [0.15, 0.2) is 0 Å². The van der Waals surface area contributed by atoms with Crippen LogP contribution in [0.5, 0.6) is 0 Å². The van der Waals surface area contributed by atoms with Crippen molar-refractivity contribution in [3.05, 3.63) is 0 Å². The monoisotopic (exact) mass is 186 g/mol. The molecule has 1 atom stereocenters. The Bertz CT molecular complexity index is 162. The van der Waals surface area contributed by atoms with Crippen LogP contribution in [0, 0.1) is 0 Å². The number of nitrogens with zero attached hydrogens (tertiary/aromatic N) is 2. The van der Waals surface area contributed by atoms with Crippen LogP contribution < -0.4 is 10.9 Å². The van der Waals surface area contributed by atoms with Crippen molar-refractivity contribution in [3.8, 4) is 0 Å².